The van der Waals surface area contributed by atoms with Crippen LogP contribution in [0.25, 0.3) is 0 Å². The minimum atomic E-state index is 0.772. The van der Waals surface area contributed by atoms with Gasteiger partial charge < -0.3 is 9.80 Å². The lowest BCUT2D eigenvalue weighted by molar-refractivity contribution is 0.121. The van der Waals surface area contributed by atoms with Gasteiger partial charge in [-0.25, -0.2) is 0 Å². The molecule has 1 rings (SSSR count). The smallest absolute Gasteiger partial charge is 0.0225 e. The van der Waals surface area contributed by atoms with Gasteiger partial charge in [-0.3, -0.25) is 4.90 Å². The Morgan fingerprint density at radius 2 is 1.56 bits per heavy atom. The van der Waals surface area contributed by atoms with E-state index in [1.165, 1.54) is 52.2 Å². The molecule has 0 aromatic heterocycles. The third kappa shape index (κ3) is 6.93. The molecule has 0 radical (unpaired) electrons. The maximum Gasteiger partial charge on any atom is 0.0225 e. The van der Waals surface area contributed by atoms with Crippen LogP contribution in [0.1, 0.15) is 19.8 Å². The number of rotatable bonds is 8. The van der Waals surface area contributed by atoms with Crippen molar-refractivity contribution in [3.05, 3.63) is 0 Å². The summed E-state index contributed by atoms with van der Waals surface area (Å²) in [5.74, 6) is 1.58. The predicted octanol–water partition coefficient (Wildman–Crippen LogP) is 1.82. The predicted molar refractivity (Wildman–Crippen MR) is 80.6 cm³/mol. The van der Waals surface area contributed by atoms with Crippen molar-refractivity contribution in [1.29, 1.82) is 0 Å². The average molecular weight is 276 g/mol. The van der Waals surface area contributed by atoms with E-state index < -0.39 is 0 Å². The Balaban J connectivity index is 2.08. The fourth-order valence-corrected chi connectivity index (χ4v) is 2.68. The first kappa shape index (κ1) is 16.2. The zero-order valence-electron chi connectivity index (χ0n) is 12.4. The van der Waals surface area contributed by atoms with Crippen molar-refractivity contribution in [2.75, 3.05) is 65.8 Å². The Hall–Kier alpha value is 0.170. The second kappa shape index (κ2) is 9.13. The van der Waals surface area contributed by atoms with Gasteiger partial charge in [-0.2, -0.15) is 0 Å². The van der Waals surface area contributed by atoms with Gasteiger partial charge in [0.15, 0.2) is 0 Å². The van der Waals surface area contributed by atoms with Crippen LogP contribution < -0.4 is 0 Å². The molecular formula is C14H30ClN3. The lowest BCUT2D eigenvalue weighted by atomic mass is 10.0. The highest BCUT2D eigenvalue weighted by atomic mass is 35.5. The van der Waals surface area contributed by atoms with E-state index in [4.69, 9.17) is 11.6 Å². The Labute approximate surface area is 118 Å². The maximum atomic E-state index is 5.77. The fourth-order valence-electron chi connectivity index (χ4n) is 2.31. The zero-order chi connectivity index (χ0) is 13.4. The van der Waals surface area contributed by atoms with Crippen LogP contribution in [0.15, 0.2) is 0 Å². The first-order valence-corrected chi connectivity index (χ1v) is 7.80. The van der Waals surface area contributed by atoms with Crippen LogP contribution in [-0.4, -0.2) is 80.5 Å². The lowest BCUT2D eigenvalue weighted by Crippen LogP contribution is -2.48. The van der Waals surface area contributed by atoms with E-state index in [9.17, 15) is 0 Å². The molecule has 1 aliphatic rings. The monoisotopic (exact) mass is 275 g/mol. The van der Waals surface area contributed by atoms with Crippen LogP contribution >= 0.6 is 11.6 Å². The SMILES string of the molecule is CC(CCCl)CCN1CCN(CCN(C)C)CC1. The van der Waals surface area contributed by atoms with E-state index in [0.717, 1.165) is 18.2 Å². The maximum absolute atomic E-state index is 5.77. The van der Waals surface area contributed by atoms with Crippen molar-refractivity contribution < 1.29 is 0 Å². The van der Waals surface area contributed by atoms with E-state index in [-0.39, 0.29) is 0 Å². The second-order valence-electron chi connectivity index (χ2n) is 5.86. The standard InChI is InChI=1S/C14H30ClN3/c1-14(4-6-15)5-7-17-10-12-18(13-11-17)9-8-16(2)3/h14H,4-13H2,1-3H3. The van der Waals surface area contributed by atoms with Crippen LogP contribution in [0, 0.1) is 5.92 Å². The molecule has 18 heavy (non-hydrogen) atoms. The molecule has 0 spiro atoms. The molecule has 4 heteroatoms. The summed E-state index contributed by atoms with van der Waals surface area (Å²) < 4.78 is 0. The molecule has 3 nitrogen and oxygen atoms in total. The molecule has 1 unspecified atom stereocenters. The minimum absolute atomic E-state index is 0.772. The lowest BCUT2D eigenvalue weighted by Gasteiger charge is -2.35. The van der Waals surface area contributed by atoms with E-state index in [1.807, 2.05) is 0 Å². The molecule has 0 N–H and O–H groups in total. The highest BCUT2D eigenvalue weighted by Crippen LogP contribution is 2.11. The van der Waals surface area contributed by atoms with E-state index >= 15 is 0 Å². The molecule has 1 fully saturated rings. The van der Waals surface area contributed by atoms with Gasteiger partial charge in [0.25, 0.3) is 0 Å². The normalized spacial score (nSPS) is 20.5. The fraction of sp³-hybridized carbons (Fsp3) is 1.00. The summed E-state index contributed by atoms with van der Waals surface area (Å²) in [7, 11) is 4.29. The van der Waals surface area contributed by atoms with Crippen LogP contribution in [0.4, 0.5) is 0 Å². The summed E-state index contributed by atoms with van der Waals surface area (Å²) in [5, 5.41) is 0. The highest BCUT2D eigenvalue weighted by Gasteiger charge is 2.16. The molecule has 108 valence electrons. The largest absolute Gasteiger partial charge is 0.308 e. The Morgan fingerprint density at radius 3 is 2.06 bits per heavy atom. The van der Waals surface area contributed by atoms with Crippen LogP contribution in [0.3, 0.4) is 0 Å². The van der Waals surface area contributed by atoms with Gasteiger partial charge in [0.05, 0.1) is 0 Å². The summed E-state index contributed by atoms with van der Waals surface area (Å²) in [4.78, 5) is 7.45. The quantitative estimate of drug-likeness (QED) is 0.626. The number of likely N-dealkylation sites (N-methyl/N-ethyl adjacent to an activating group) is 1. The van der Waals surface area contributed by atoms with E-state index in [2.05, 4.69) is 35.7 Å². The Morgan fingerprint density at radius 1 is 1.00 bits per heavy atom. The summed E-state index contributed by atoms with van der Waals surface area (Å²) in [6.45, 7) is 10.9. The summed E-state index contributed by atoms with van der Waals surface area (Å²) >= 11 is 5.77. The van der Waals surface area contributed by atoms with Gasteiger partial charge in [0.2, 0.25) is 0 Å². The first-order valence-electron chi connectivity index (χ1n) is 7.27. The van der Waals surface area contributed by atoms with E-state index in [0.29, 0.717) is 0 Å². The van der Waals surface area contributed by atoms with Crippen molar-refractivity contribution >= 4 is 11.6 Å². The van der Waals surface area contributed by atoms with E-state index in [1.54, 1.807) is 0 Å². The number of piperazine rings is 1. The number of hydrogen-bond acceptors (Lipinski definition) is 3. The van der Waals surface area contributed by atoms with Crippen molar-refractivity contribution in [2.45, 2.75) is 19.8 Å². The number of hydrogen-bond donors (Lipinski definition) is 0. The van der Waals surface area contributed by atoms with Gasteiger partial charge >= 0.3 is 0 Å². The number of nitrogens with zero attached hydrogens (tertiary/aromatic N) is 3. The first-order chi connectivity index (χ1) is 8.61. The molecular weight excluding hydrogens is 246 g/mol. The molecule has 0 aliphatic carbocycles. The summed E-state index contributed by atoms with van der Waals surface area (Å²) in [6.07, 6.45) is 2.45. The molecule has 1 heterocycles. The number of halogens is 1. The van der Waals surface area contributed by atoms with Crippen molar-refractivity contribution in [1.82, 2.24) is 14.7 Å². The molecule has 1 atom stereocenters. The van der Waals surface area contributed by atoms with Gasteiger partial charge in [-0.15, -0.1) is 11.6 Å². The second-order valence-corrected chi connectivity index (χ2v) is 6.24. The van der Waals surface area contributed by atoms with Crippen molar-refractivity contribution in [3.63, 3.8) is 0 Å². The zero-order valence-corrected chi connectivity index (χ0v) is 13.1. The molecule has 0 aromatic carbocycles. The molecule has 1 aliphatic heterocycles. The summed E-state index contributed by atoms with van der Waals surface area (Å²) in [5.41, 5.74) is 0. The van der Waals surface area contributed by atoms with Crippen molar-refractivity contribution in [2.24, 2.45) is 5.92 Å². The van der Waals surface area contributed by atoms with Crippen molar-refractivity contribution in [3.8, 4) is 0 Å². The minimum Gasteiger partial charge on any atom is -0.308 e. The van der Waals surface area contributed by atoms with Crippen LogP contribution in [0.2, 0.25) is 0 Å². The highest BCUT2D eigenvalue weighted by molar-refractivity contribution is 6.17. The topological polar surface area (TPSA) is 9.72 Å². The third-order valence-electron chi connectivity index (χ3n) is 3.87. The van der Waals surface area contributed by atoms with Gasteiger partial charge in [-0.1, -0.05) is 6.92 Å². The third-order valence-corrected chi connectivity index (χ3v) is 4.09. The van der Waals surface area contributed by atoms with Gasteiger partial charge in [-0.05, 0) is 39.4 Å². The Kier molecular flexibility index (Phi) is 8.23. The van der Waals surface area contributed by atoms with Crippen LogP contribution in [0.5, 0.6) is 0 Å². The average Bonchev–Trinajstić information content (AvgIpc) is 2.35. The number of alkyl halides is 1. The Bertz CT molecular complexity index is 203. The van der Waals surface area contributed by atoms with Crippen LogP contribution in [-0.2, 0) is 0 Å². The molecule has 1 saturated heterocycles. The summed E-state index contributed by atoms with van der Waals surface area (Å²) in [6, 6.07) is 0. The molecule has 0 saturated carbocycles. The molecule has 0 aromatic rings. The molecule has 0 amide bonds. The van der Waals surface area contributed by atoms with Gasteiger partial charge in [0.1, 0.15) is 0 Å². The van der Waals surface area contributed by atoms with Gasteiger partial charge in [0, 0.05) is 45.1 Å². The molecule has 0 bridgehead atoms.